The van der Waals surface area contributed by atoms with E-state index in [1.165, 1.54) is 4.90 Å². The molecule has 27 heteroatoms. The van der Waals surface area contributed by atoms with Crippen LogP contribution >= 0.6 is 0 Å². The molecule has 3 rings (SSSR count). The summed E-state index contributed by atoms with van der Waals surface area (Å²) in [5.41, 5.74) is 6.83. The molecule has 76 heavy (non-hydrogen) atoms. The molecule has 27 nitrogen and oxygen atoms in total. The number of unbranched alkanes of at least 4 members (excludes halogenated alkanes) is 6. The first kappa shape index (κ1) is 65.4. The molecule has 0 bridgehead atoms. The first-order valence-corrected chi connectivity index (χ1v) is 26.0. The second kappa shape index (κ2) is 37.1. The van der Waals surface area contributed by atoms with Crippen LogP contribution < -0.4 is 37.6 Å². The van der Waals surface area contributed by atoms with Crippen LogP contribution in [-0.4, -0.2) is 233 Å². The zero-order valence-corrected chi connectivity index (χ0v) is 43.0. The van der Waals surface area contributed by atoms with Crippen LogP contribution in [0.2, 0.25) is 0 Å². The number of aliphatic hydroxyl groups is 8. The third kappa shape index (κ3) is 25.5. The molecular formula is C49H82N8O19. The van der Waals surface area contributed by atoms with E-state index in [4.69, 9.17) is 24.7 Å². The van der Waals surface area contributed by atoms with Crippen LogP contribution in [0.3, 0.4) is 0 Å². The fraction of sp³-hybridized carbons (Fsp3) is 0.735. The molecule has 0 radical (unpaired) electrons. The van der Waals surface area contributed by atoms with E-state index in [0.29, 0.717) is 57.8 Å². The first-order valence-electron chi connectivity index (χ1n) is 26.0. The number of nitrogens with two attached hydrogens (primary N) is 1. The lowest BCUT2D eigenvalue weighted by Crippen LogP contribution is -2.59. The zero-order chi connectivity index (χ0) is 55.8. The van der Waals surface area contributed by atoms with Crippen molar-refractivity contribution in [1.29, 1.82) is 0 Å². The Morgan fingerprint density at radius 2 is 0.882 bits per heavy atom. The SMILES string of the molecule is N[C@@H](Cc1ccccc1)C(=O)NC(=O)CCCCCNC(=O)CN(CC(=O)NCCCCCC(=O)NCCO[C@H]1O[C@H](CO)[C@@H](O)[C@H](O)[C@@H]1O)CC(=O)NCCCCCC(=O)NCCO[C@H]1O[C@H](CO)[C@@H](O)[C@H](O)[C@@H]1O. The maximum Gasteiger partial charge on any atom is 0.243 e. The molecule has 2 aliphatic heterocycles. The minimum Gasteiger partial charge on any atom is -0.394 e. The van der Waals surface area contributed by atoms with E-state index >= 15 is 0 Å². The Hall–Kier alpha value is -4.85. The number of nitrogens with one attached hydrogen (secondary N) is 6. The summed E-state index contributed by atoms with van der Waals surface area (Å²) >= 11 is 0. The van der Waals surface area contributed by atoms with E-state index < -0.39 is 110 Å². The number of aliphatic hydroxyl groups excluding tert-OH is 8. The number of hydrogen-bond donors (Lipinski definition) is 15. The molecule has 0 aliphatic carbocycles. The summed E-state index contributed by atoms with van der Waals surface area (Å²) in [5, 5.41) is 94.2. The van der Waals surface area contributed by atoms with Crippen LogP contribution in [0.5, 0.6) is 0 Å². The summed E-state index contributed by atoms with van der Waals surface area (Å²) in [7, 11) is 0. The number of benzene rings is 1. The van der Waals surface area contributed by atoms with Crippen molar-refractivity contribution >= 4 is 41.4 Å². The minimum atomic E-state index is -1.58. The van der Waals surface area contributed by atoms with Gasteiger partial charge in [0.25, 0.3) is 0 Å². The summed E-state index contributed by atoms with van der Waals surface area (Å²) in [6.07, 6.45) is -8.67. The molecule has 0 saturated carbocycles. The highest BCUT2D eigenvalue weighted by atomic mass is 16.7. The molecule has 1 aromatic rings. The van der Waals surface area contributed by atoms with Crippen molar-refractivity contribution in [2.45, 2.75) is 151 Å². The highest BCUT2D eigenvalue weighted by Crippen LogP contribution is 2.23. The predicted molar refractivity (Wildman–Crippen MR) is 268 cm³/mol. The summed E-state index contributed by atoms with van der Waals surface area (Å²) in [6, 6.07) is 8.31. The maximum absolute atomic E-state index is 13.0. The quantitative estimate of drug-likeness (QED) is 0.0276. The summed E-state index contributed by atoms with van der Waals surface area (Å²) in [6.45, 7) is -1.27. The molecule has 1 aromatic carbocycles. The summed E-state index contributed by atoms with van der Waals surface area (Å²) in [4.78, 5) is 89.7. The number of rotatable bonds is 37. The monoisotopic (exact) mass is 1090 g/mol. The van der Waals surface area contributed by atoms with Crippen molar-refractivity contribution in [3.05, 3.63) is 35.9 Å². The smallest absolute Gasteiger partial charge is 0.243 e. The van der Waals surface area contributed by atoms with E-state index in [0.717, 1.165) is 5.56 Å². The number of hydrogen-bond acceptors (Lipinski definition) is 21. The Kier molecular flexibility index (Phi) is 31.9. The fourth-order valence-electron chi connectivity index (χ4n) is 7.96. The van der Waals surface area contributed by atoms with Gasteiger partial charge in [0, 0.05) is 52.0 Å². The maximum atomic E-state index is 13.0. The normalized spacial score (nSPS) is 23.8. The number of ether oxygens (including phenoxy) is 4. The van der Waals surface area contributed by atoms with Crippen molar-refractivity contribution in [1.82, 2.24) is 36.8 Å². The molecule has 16 N–H and O–H groups in total. The van der Waals surface area contributed by atoms with Gasteiger partial charge in [-0.15, -0.1) is 0 Å². The van der Waals surface area contributed by atoms with Crippen molar-refractivity contribution < 1.29 is 93.4 Å². The summed E-state index contributed by atoms with van der Waals surface area (Å²) < 4.78 is 21.3. The first-order chi connectivity index (χ1) is 36.4. The average Bonchev–Trinajstić information content (AvgIpc) is 3.39. The van der Waals surface area contributed by atoms with E-state index in [-0.39, 0.29) is 103 Å². The van der Waals surface area contributed by atoms with Crippen LogP contribution in [-0.2, 0) is 58.9 Å². The summed E-state index contributed by atoms with van der Waals surface area (Å²) in [5.74, 6) is -2.87. The van der Waals surface area contributed by atoms with Gasteiger partial charge in [0.2, 0.25) is 41.4 Å². The standard InChI is InChI=1S/C49H82N8O19/c50-32(25-31-13-5-1-6-14-31)47(72)56-37(62)17-9-4-12-20-53-40(65)28-57(26-38(63)51-18-10-2-7-15-35(60)54-21-23-73-48-45(70)43(68)41(66)33(29-58)75-48)27-39(64)52-19-11-3-8-16-36(61)55-22-24-74-49-46(71)44(69)42(67)34(30-59)76-49/h1,5-6,13-14,32-34,41-46,48-49,58-59,66-71H,2-4,7-12,15-30,50H2,(H,51,63)(H,52,64)(H,53,65)(H,54,60)(H,55,61)(H,56,62,72)/t32-,33+,34+,41+,42+,43-,44-,45-,46-,48-,49-/m0/s1. The number of carbonyl (C=O) groups is 7. The number of carbonyl (C=O) groups excluding carboxylic acids is 7. The van der Waals surface area contributed by atoms with Crippen molar-refractivity contribution in [3.8, 4) is 0 Å². The molecule has 0 spiro atoms. The average molecular weight is 1090 g/mol. The molecule has 2 saturated heterocycles. The lowest BCUT2D eigenvalue weighted by molar-refractivity contribution is -0.300. The third-order valence-electron chi connectivity index (χ3n) is 12.3. The molecule has 0 aromatic heterocycles. The van der Waals surface area contributed by atoms with Crippen molar-refractivity contribution in [2.75, 3.05) is 78.8 Å². The van der Waals surface area contributed by atoms with Crippen LogP contribution in [0.1, 0.15) is 82.6 Å². The van der Waals surface area contributed by atoms with Gasteiger partial charge in [0.05, 0.1) is 52.1 Å². The fourth-order valence-corrected chi connectivity index (χ4v) is 7.96. The molecule has 2 aliphatic rings. The van der Waals surface area contributed by atoms with Gasteiger partial charge >= 0.3 is 0 Å². The molecule has 11 atom stereocenters. The number of nitrogens with zero attached hydrogens (tertiary/aromatic N) is 1. The van der Waals surface area contributed by atoms with Gasteiger partial charge in [-0.25, -0.2) is 0 Å². The Labute approximate surface area is 441 Å². The molecule has 2 fully saturated rings. The van der Waals surface area contributed by atoms with E-state index in [9.17, 15) is 74.4 Å². The molecule has 432 valence electrons. The highest BCUT2D eigenvalue weighted by Gasteiger charge is 2.45. The predicted octanol–water partition coefficient (Wildman–Crippen LogP) is -5.60. The lowest BCUT2D eigenvalue weighted by Gasteiger charge is -2.39. The third-order valence-corrected chi connectivity index (χ3v) is 12.3. The van der Waals surface area contributed by atoms with Gasteiger partial charge in [-0.3, -0.25) is 43.8 Å². The molecule has 7 amide bonds. The van der Waals surface area contributed by atoms with E-state index in [1.54, 1.807) is 0 Å². The molecule has 2 heterocycles. The van der Waals surface area contributed by atoms with Crippen molar-refractivity contribution in [3.63, 3.8) is 0 Å². The number of amides is 7. The molecule has 0 unspecified atom stereocenters. The topological polar surface area (TPSA) is 420 Å². The van der Waals surface area contributed by atoms with Gasteiger partial charge in [0.15, 0.2) is 12.6 Å². The van der Waals surface area contributed by atoms with Gasteiger partial charge < -0.3 is 92.1 Å². The minimum absolute atomic E-state index is 0.0648. The highest BCUT2D eigenvalue weighted by molar-refractivity contribution is 5.97. The van der Waals surface area contributed by atoms with Gasteiger partial charge in [-0.05, 0) is 50.5 Å². The van der Waals surface area contributed by atoms with Crippen LogP contribution in [0, 0.1) is 0 Å². The van der Waals surface area contributed by atoms with E-state index in [2.05, 4.69) is 31.9 Å². The largest absolute Gasteiger partial charge is 0.394 e. The van der Waals surface area contributed by atoms with Gasteiger partial charge in [-0.1, -0.05) is 49.6 Å². The lowest BCUT2D eigenvalue weighted by atomic mass is 9.99. The van der Waals surface area contributed by atoms with Crippen LogP contribution in [0.4, 0.5) is 0 Å². The van der Waals surface area contributed by atoms with Gasteiger partial charge in [0.1, 0.15) is 48.8 Å². The van der Waals surface area contributed by atoms with Crippen LogP contribution in [0.25, 0.3) is 0 Å². The Morgan fingerprint density at radius 1 is 0.500 bits per heavy atom. The Bertz CT molecular complexity index is 1810. The van der Waals surface area contributed by atoms with E-state index in [1.807, 2.05) is 30.3 Å². The Morgan fingerprint density at radius 3 is 1.28 bits per heavy atom. The number of imide groups is 1. The van der Waals surface area contributed by atoms with Crippen molar-refractivity contribution in [2.24, 2.45) is 5.73 Å². The second-order valence-electron chi connectivity index (χ2n) is 18.7. The zero-order valence-electron chi connectivity index (χ0n) is 43.0. The molecular weight excluding hydrogens is 1000 g/mol. The van der Waals surface area contributed by atoms with Crippen LogP contribution in [0.15, 0.2) is 30.3 Å². The van der Waals surface area contributed by atoms with Gasteiger partial charge in [-0.2, -0.15) is 0 Å². The Balaban J connectivity index is 1.34. The second-order valence-corrected chi connectivity index (χ2v) is 18.7.